The first-order valence-electron chi connectivity index (χ1n) is 12.6. The largest absolute Gasteiger partial charge is 0.497 e. The van der Waals surface area contributed by atoms with Gasteiger partial charge in [-0.2, -0.15) is 0 Å². The Labute approximate surface area is 225 Å². The molecule has 2 aliphatic rings. The van der Waals surface area contributed by atoms with Gasteiger partial charge in [-0.1, -0.05) is 13.8 Å². The number of pyridine rings is 1. The molecule has 0 aliphatic heterocycles. The number of methoxy groups -OCH3 is 2. The van der Waals surface area contributed by atoms with Gasteiger partial charge in [0.15, 0.2) is 0 Å². The van der Waals surface area contributed by atoms with E-state index in [0.29, 0.717) is 41.1 Å². The van der Waals surface area contributed by atoms with Gasteiger partial charge in [0.25, 0.3) is 0 Å². The molecular weight excluding hydrogens is 526 g/mol. The highest BCUT2D eigenvalue weighted by Gasteiger charge is 2.65. The van der Waals surface area contributed by atoms with E-state index in [1.54, 1.807) is 31.5 Å². The number of rotatable bonds is 8. The predicted molar refractivity (Wildman–Crippen MR) is 144 cm³/mol. The van der Waals surface area contributed by atoms with Gasteiger partial charge in [0.05, 0.1) is 58.7 Å². The second-order valence-corrected chi connectivity index (χ2v) is 14.1. The number of carbonyl (C=O) groups excluding carboxylic acids is 1. The van der Waals surface area contributed by atoms with Crippen LogP contribution in [0.4, 0.5) is 0 Å². The van der Waals surface area contributed by atoms with Gasteiger partial charge in [-0.3, -0.25) is 14.0 Å². The molecule has 2 fully saturated rings. The summed E-state index contributed by atoms with van der Waals surface area (Å²) in [6.07, 6.45) is 3.42. The molecule has 5 rings (SSSR count). The molecule has 2 heterocycles. The fraction of sp³-hybridized carbons (Fsp3) is 0.519. The highest BCUT2D eigenvalue weighted by atomic mass is 32.2. The van der Waals surface area contributed by atoms with Gasteiger partial charge in [-0.05, 0) is 50.2 Å². The molecule has 204 valence electrons. The molecule has 3 aromatic rings. The monoisotopic (exact) mass is 559 g/mol. The van der Waals surface area contributed by atoms with Crippen molar-refractivity contribution in [2.24, 2.45) is 16.7 Å². The minimum Gasteiger partial charge on any atom is -0.497 e. The van der Waals surface area contributed by atoms with Crippen LogP contribution in [0.2, 0.25) is 0 Å². The van der Waals surface area contributed by atoms with Crippen molar-refractivity contribution in [3.8, 4) is 11.5 Å². The van der Waals surface area contributed by atoms with Crippen molar-refractivity contribution >= 4 is 37.6 Å². The van der Waals surface area contributed by atoms with Crippen molar-refractivity contribution in [3.63, 3.8) is 0 Å². The summed E-state index contributed by atoms with van der Waals surface area (Å²) in [5.41, 5.74) is 1.36. The molecule has 0 N–H and O–H groups in total. The second kappa shape index (κ2) is 9.15. The number of imidazole rings is 1. The highest BCUT2D eigenvalue weighted by Crippen LogP contribution is 2.64. The van der Waals surface area contributed by atoms with E-state index >= 15 is 0 Å². The minimum absolute atomic E-state index is 0.00247. The lowest BCUT2D eigenvalue weighted by Crippen LogP contribution is -2.43. The maximum absolute atomic E-state index is 14.2. The number of carbonyl (C=O) groups is 1. The van der Waals surface area contributed by atoms with Crippen LogP contribution in [0.25, 0.3) is 11.0 Å². The molecule has 38 heavy (non-hydrogen) atoms. The van der Waals surface area contributed by atoms with Crippen molar-refractivity contribution in [1.82, 2.24) is 13.9 Å². The van der Waals surface area contributed by atoms with E-state index in [1.165, 1.54) is 7.11 Å². The molecule has 9 nitrogen and oxygen atoms in total. The van der Waals surface area contributed by atoms with Crippen molar-refractivity contribution in [2.75, 3.05) is 20.0 Å². The zero-order valence-electron chi connectivity index (χ0n) is 22.5. The molecule has 11 heteroatoms. The van der Waals surface area contributed by atoms with E-state index in [4.69, 9.17) is 9.47 Å². The fourth-order valence-corrected chi connectivity index (χ4v) is 10.3. The van der Waals surface area contributed by atoms with E-state index in [0.717, 1.165) is 21.5 Å². The third-order valence-corrected chi connectivity index (χ3v) is 12.0. The van der Waals surface area contributed by atoms with E-state index in [1.807, 2.05) is 27.7 Å². The third-order valence-electron chi connectivity index (χ3n) is 8.86. The number of aryl methyl sites for hydroxylation is 1. The Bertz CT molecular complexity index is 1590. The number of hydrogen-bond donors (Lipinski definition) is 0. The van der Waals surface area contributed by atoms with E-state index in [2.05, 4.69) is 9.97 Å². The molecule has 2 aromatic heterocycles. The van der Waals surface area contributed by atoms with E-state index in [9.17, 15) is 17.4 Å². The average molecular weight is 560 g/mol. The van der Waals surface area contributed by atoms with E-state index < -0.39 is 31.7 Å². The van der Waals surface area contributed by atoms with Crippen LogP contribution in [0.15, 0.2) is 29.6 Å². The summed E-state index contributed by atoms with van der Waals surface area (Å²) < 4.78 is 54.1. The molecule has 0 amide bonds. The number of fused-ring (bicyclic) bond motifs is 3. The maximum Gasteiger partial charge on any atom is 0.242 e. The minimum atomic E-state index is -4.14. The predicted octanol–water partition coefficient (Wildman–Crippen LogP) is 3.95. The first-order valence-corrected chi connectivity index (χ1v) is 15.5. The Balaban J connectivity index is 1.62. The molecule has 1 aromatic carbocycles. The second-order valence-electron chi connectivity index (χ2n) is 11.0. The molecule has 0 saturated heterocycles. The Kier molecular flexibility index (Phi) is 6.45. The summed E-state index contributed by atoms with van der Waals surface area (Å²) in [4.78, 5) is 22.1. The molecule has 3 atom stereocenters. The van der Waals surface area contributed by atoms with Crippen molar-refractivity contribution in [2.45, 2.75) is 57.9 Å². The van der Waals surface area contributed by atoms with Gasteiger partial charge in [0.2, 0.25) is 15.2 Å². The van der Waals surface area contributed by atoms with Crippen LogP contribution in [0.1, 0.15) is 49.9 Å². The van der Waals surface area contributed by atoms with Crippen molar-refractivity contribution in [3.05, 3.63) is 41.2 Å². The Morgan fingerprint density at radius 1 is 1.18 bits per heavy atom. The lowest BCUT2D eigenvalue weighted by Gasteiger charge is -2.36. The van der Waals surface area contributed by atoms with Gasteiger partial charge < -0.3 is 9.47 Å². The average Bonchev–Trinajstić information content (AvgIpc) is 3.42. The van der Waals surface area contributed by atoms with Crippen molar-refractivity contribution in [1.29, 1.82) is 0 Å². The number of hydrogen-bond acceptors (Lipinski definition) is 8. The first-order chi connectivity index (χ1) is 17.9. The lowest BCUT2D eigenvalue weighted by atomic mass is 9.70. The topological polar surface area (TPSA) is 117 Å². The summed E-state index contributed by atoms with van der Waals surface area (Å²) in [5, 5.41) is -0.0943. The van der Waals surface area contributed by atoms with Crippen LogP contribution in [0.5, 0.6) is 11.5 Å². The Morgan fingerprint density at radius 2 is 1.92 bits per heavy atom. The van der Waals surface area contributed by atoms with Gasteiger partial charge in [0.1, 0.15) is 17.3 Å². The number of benzene rings is 1. The van der Waals surface area contributed by atoms with Crippen LogP contribution in [-0.4, -0.2) is 52.3 Å². The van der Waals surface area contributed by atoms with Crippen LogP contribution in [-0.2, 0) is 31.4 Å². The fourth-order valence-electron chi connectivity index (χ4n) is 6.44. The summed E-state index contributed by atoms with van der Waals surface area (Å²) in [6, 6.07) is 4.87. The maximum atomic E-state index is 14.2. The van der Waals surface area contributed by atoms with Gasteiger partial charge in [-0.15, -0.1) is 0 Å². The van der Waals surface area contributed by atoms with Gasteiger partial charge in [-0.25, -0.2) is 17.4 Å². The van der Waals surface area contributed by atoms with Crippen LogP contribution < -0.4 is 9.47 Å². The molecule has 0 spiro atoms. The SMILES string of the molecule is COc1ccc2c(c1)nc([S@](=O)Cc1ncc(C)c(OC)c1C)n2S(=O)(=O)C[C@@]12CCC(CC1=O)C2(C)C. The zero-order valence-corrected chi connectivity index (χ0v) is 24.2. The number of ether oxygens (including phenoxy) is 2. The van der Waals surface area contributed by atoms with Crippen LogP contribution in [0, 0.1) is 30.6 Å². The molecular formula is C27H33N3O6S2. The number of nitrogens with zero attached hydrogens (tertiary/aromatic N) is 3. The third kappa shape index (κ3) is 3.88. The Hall–Kier alpha value is -2.79. The Morgan fingerprint density at radius 3 is 2.53 bits per heavy atom. The molecule has 0 radical (unpaired) electrons. The van der Waals surface area contributed by atoms with Crippen molar-refractivity contribution < 1.29 is 26.9 Å². The molecule has 2 aliphatic carbocycles. The van der Waals surface area contributed by atoms with Crippen LogP contribution in [0.3, 0.4) is 0 Å². The summed E-state index contributed by atoms with van der Waals surface area (Å²) in [5.74, 6) is 0.933. The van der Waals surface area contributed by atoms with Crippen LogP contribution >= 0.6 is 0 Å². The number of ketones is 1. The molecule has 2 saturated carbocycles. The normalized spacial score (nSPS) is 23.2. The van der Waals surface area contributed by atoms with Gasteiger partial charge in [0, 0.05) is 29.8 Å². The highest BCUT2D eigenvalue weighted by molar-refractivity contribution is 7.91. The first kappa shape index (κ1) is 26.8. The number of aromatic nitrogens is 3. The summed E-state index contributed by atoms with van der Waals surface area (Å²) in [7, 11) is -2.93. The summed E-state index contributed by atoms with van der Waals surface area (Å²) in [6.45, 7) is 7.71. The summed E-state index contributed by atoms with van der Waals surface area (Å²) >= 11 is 0. The quantitative estimate of drug-likeness (QED) is 0.407. The van der Waals surface area contributed by atoms with E-state index in [-0.39, 0.29) is 28.4 Å². The smallest absolute Gasteiger partial charge is 0.242 e. The number of Topliss-reactive ketones (excluding diaryl/α,β-unsaturated/α-hetero) is 1. The zero-order chi connectivity index (χ0) is 27.6. The standard InChI is InChI=1S/C27H33N3O6S2/c1-16-13-28-21(17(2)24(16)36-6)14-37(32)25-29-20-12-19(35-5)7-8-22(20)30(25)38(33,34)15-27-10-9-18(11-23(27)31)26(27,3)4/h7-8,12-13,18H,9-11,14-15H2,1-6H3/t18?,27-,37+/m0/s1. The lowest BCUT2D eigenvalue weighted by molar-refractivity contribution is -0.128. The molecule has 2 bridgehead atoms. The molecule has 1 unspecified atom stereocenters. The van der Waals surface area contributed by atoms with Gasteiger partial charge >= 0.3 is 0 Å².